The molecule has 2 amide bonds. The lowest BCUT2D eigenvalue weighted by atomic mass is 9.84. The Balaban J connectivity index is 2.15. The standard InChI is InChI=1S/C22H33N3O3/c1-14(2)18(13-26)25(6)21(28)19(22(3,4)5)24-20(27)17-11-15-9-7-8-10-16(15)12-23-17/h7-10,13-14,17-19,23H,11-12H2,1-6H3,(H,24,27)/t17?,18-,19-/m1/s1. The summed E-state index contributed by atoms with van der Waals surface area (Å²) in [6.07, 6.45) is 1.38. The van der Waals surface area contributed by atoms with Gasteiger partial charge in [-0.1, -0.05) is 58.9 Å². The van der Waals surface area contributed by atoms with Crippen LogP contribution in [0.15, 0.2) is 24.3 Å². The second-order valence-electron chi connectivity index (χ2n) is 9.03. The van der Waals surface area contributed by atoms with Gasteiger partial charge in [0.1, 0.15) is 12.3 Å². The van der Waals surface area contributed by atoms with Crippen molar-refractivity contribution in [2.75, 3.05) is 7.05 Å². The summed E-state index contributed by atoms with van der Waals surface area (Å²) in [6, 6.07) is 6.43. The Kier molecular flexibility index (Phi) is 6.99. The molecule has 3 atom stereocenters. The second kappa shape index (κ2) is 8.86. The van der Waals surface area contributed by atoms with Gasteiger partial charge in [0.25, 0.3) is 0 Å². The van der Waals surface area contributed by atoms with Gasteiger partial charge in [-0.2, -0.15) is 0 Å². The maximum atomic E-state index is 13.1. The molecular formula is C22H33N3O3. The van der Waals surface area contributed by atoms with Gasteiger partial charge < -0.3 is 20.3 Å². The zero-order valence-corrected chi connectivity index (χ0v) is 17.8. The van der Waals surface area contributed by atoms with Crippen LogP contribution in [0.1, 0.15) is 45.7 Å². The van der Waals surface area contributed by atoms with Crippen LogP contribution in [0.3, 0.4) is 0 Å². The molecular weight excluding hydrogens is 354 g/mol. The van der Waals surface area contributed by atoms with Crippen LogP contribution in [0.2, 0.25) is 0 Å². The van der Waals surface area contributed by atoms with E-state index in [4.69, 9.17) is 0 Å². The lowest BCUT2D eigenvalue weighted by molar-refractivity contribution is -0.143. The molecule has 6 nitrogen and oxygen atoms in total. The summed E-state index contributed by atoms with van der Waals surface area (Å²) in [5.41, 5.74) is 1.86. The minimum Gasteiger partial charge on any atom is -0.342 e. The molecule has 0 spiro atoms. The maximum Gasteiger partial charge on any atom is 0.246 e. The maximum absolute atomic E-state index is 13.1. The Bertz CT molecular complexity index is 724. The SMILES string of the molecule is CC(C)[C@@H](C=O)N(C)C(=O)[C@@H](NC(=O)C1Cc2ccccc2CN1)C(C)(C)C. The first-order valence-electron chi connectivity index (χ1n) is 9.88. The highest BCUT2D eigenvalue weighted by Crippen LogP contribution is 2.23. The summed E-state index contributed by atoms with van der Waals surface area (Å²) in [6.45, 7) is 10.2. The number of rotatable bonds is 6. The molecule has 0 radical (unpaired) electrons. The predicted molar refractivity (Wildman–Crippen MR) is 110 cm³/mol. The second-order valence-corrected chi connectivity index (χ2v) is 9.03. The fourth-order valence-corrected chi connectivity index (χ4v) is 3.58. The molecule has 0 saturated heterocycles. The summed E-state index contributed by atoms with van der Waals surface area (Å²) in [4.78, 5) is 39.0. The Hall–Kier alpha value is -2.21. The molecule has 0 bridgehead atoms. The van der Waals surface area contributed by atoms with Crippen molar-refractivity contribution < 1.29 is 14.4 Å². The molecule has 154 valence electrons. The number of nitrogens with one attached hydrogen (secondary N) is 2. The Morgan fingerprint density at radius 2 is 1.82 bits per heavy atom. The highest BCUT2D eigenvalue weighted by Gasteiger charge is 2.38. The molecule has 6 heteroatoms. The highest BCUT2D eigenvalue weighted by atomic mass is 16.2. The smallest absolute Gasteiger partial charge is 0.246 e. The zero-order valence-electron chi connectivity index (χ0n) is 17.8. The third-order valence-electron chi connectivity index (χ3n) is 5.41. The van der Waals surface area contributed by atoms with E-state index >= 15 is 0 Å². The van der Waals surface area contributed by atoms with E-state index < -0.39 is 17.5 Å². The lowest BCUT2D eigenvalue weighted by Crippen LogP contribution is -2.60. The van der Waals surface area contributed by atoms with Gasteiger partial charge in [0.05, 0.1) is 12.1 Å². The van der Waals surface area contributed by atoms with E-state index in [1.54, 1.807) is 7.05 Å². The number of hydrogen-bond acceptors (Lipinski definition) is 4. The van der Waals surface area contributed by atoms with E-state index in [-0.39, 0.29) is 23.8 Å². The van der Waals surface area contributed by atoms with Gasteiger partial charge in [0, 0.05) is 13.6 Å². The average molecular weight is 388 g/mol. The van der Waals surface area contributed by atoms with Crippen LogP contribution in [0.25, 0.3) is 0 Å². The number of nitrogens with zero attached hydrogens (tertiary/aromatic N) is 1. The van der Waals surface area contributed by atoms with Gasteiger partial charge in [-0.05, 0) is 28.9 Å². The number of likely N-dealkylation sites (N-methyl/N-ethyl adjacent to an activating group) is 1. The summed E-state index contributed by atoms with van der Waals surface area (Å²) in [5, 5.41) is 6.21. The Labute approximate surface area is 168 Å². The topological polar surface area (TPSA) is 78.5 Å². The van der Waals surface area contributed by atoms with Crippen LogP contribution in [0.4, 0.5) is 0 Å². The first kappa shape index (κ1) is 22.1. The number of carbonyl (C=O) groups is 3. The summed E-state index contributed by atoms with van der Waals surface area (Å²) < 4.78 is 0. The van der Waals surface area contributed by atoms with Crippen molar-refractivity contribution in [1.29, 1.82) is 0 Å². The average Bonchev–Trinajstić information content (AvgIpc) is 2.64. The van der Waals surface area contributed by atoms with Crippen LogP contribution >= 0.6 is 0 Å². The van der Waals surface area contributed by atoms with E-state index in [2.05, 4.69) is 16.7 Å². The first-order chi connectivity index (χ1) is 13.1. The third kappa shape index (κ3) is 4.98. The molecule has 0 aromatic heterocycles. The Morgan fingerprint density at radius 3 is 2.36 bits per heavy atom. The molecule has 0 aliphatic carbocycles. The molecule has 1 aromatic carbocycles. The van der Waals surface area contributed by atoms with E-state index in [0.29, 0.717) is 13.0 Å². The van der Waals surface area contributed by atoms with Crippen molar-refractivity contribution in [2.45, 2.75) is 65.7 Å². The largest absolute Gasteiger partial charge is 0.342 e. The Morgan fingerprint density at radius 1 is 1.21 bits per heavy atom. The molecule has 0 fully saturated rings. The van der Waals surface area contributed by atoms with Crippen molar-refractivity contribution in [2.24, 2.45) is 11.3 Å². The van der Waals surface area contributed by atoms with Crippen LogP contribution < -0.4 is 10.6 Å². The number of amides is 2. The number of benzene rings is 1. The van der Waals surface area contributed by atoms with Crippen molar-refractivity contribution in [3.05, 3.63) is 35.4 Å². The minimum absolute atomic E-state index is 0.000664. The number of carbonyl (C=O) groups excluding carboxylic acids is 3. The van der Waals surface area contributed by atoms with E-state index in [1.165, 1.54) is 10.5 Å². The molecule has 28 heavy (non-hydrogen) atoms. The first-order valence-corrected chi connectivity index (χ1v) is 9.88. The van der Waals surface area contributed by atoms with Gasteiger partial charge in [-0.15, -0.1) is 0 Å². The summed E-state index contributed by atoms with van der Waals surface area (Å²) in [5.74, 6) is -0.439. The monoisotopic (exact) mass is 387 g/mol. The van der Waals surface area contributed by atoms with E-state index in [9.17, 15) is 14.4 Å². The van der Waals surface area contributed by atoms with Crippen LogP contribution in [0, 0.1) is 11.3 Å². The van der Waals surface area contributed by atoms with Gasteiger partial charge >= 0.3 is 0 Å². The number of hydrogen-bond donors (Lipinski definition) is 2. The van der Waals surface area contributed by atoms with Crippen LogP contribution in [-0.2, 0) is 27.3 Å². The van der Waals surface area contributed by atoms with Crippen molar-refractivity contribution in [3.63, 3.8) is 0 Å². The van der Waals surface area contributed by atoms with Crippen LogP contribution in [0.5, 0.6) is 0 Å². The molecule has 1 aliphatic heterocycles. The van der Waals surface area contributed by atoms with E-state index in [1.807, 2.05) is 52.8 Å². The van der Waals surface area contributed by atoms with E-state index in [0.717, 1.165) is 11.8 Å². The molecule has 1 aliphatic rings. The van der Waals surface area contributed by atoms with Gasteiger partial charge in [0.2, 0.25) is 11.8 Å². The number of aldehydes is 1. The van der Waals surface area contributed by atoms with Crippen molar-refractivity contribution in [3.8, 4) is 0 Å². The van der Waals surface area contributed by atoms with Gasteiger partial charge in [-0.25, -0.2) is 0 Å². The molecule has 1 heterocycles. The normalized spacial score (nSPS) is 18.8. The quantitative estimate of drug-likeness (QED) is 0.731. The molecule has 2 N–H and O–H groups in total. The van der Waals surface area contributed by atoms with Crippen molar-refractivity contribution >= 4 is 18.1 Å². The number of fused-ring (bicyclic) bond motifs is 1. The van der Waals surface area contributed by atoms with Gasteiger partial charge in [0.15, 0.2) is 0 Å². The van der Waals surface area contributed by atoms with Crippen molar-refractivity contribution in [1.82, 2.24) is 15.5 Å². The molecule has 2 rings (SSSR count). The van der Waals surface area contributed by atoms with Crippen LogP contribution in [-0.4, -0.2) is 48.2 Å². The minimum atomic E-state index is -0.717. The lowest BCUT2D eigenvalue weighted by Gasteiger charge is -2.37. The predicted octanol–water partition coefficient (Wildman–Crippen LogP) is 1.91. The summed E-state index contributed by atoms with van der Waals surface area (Å²) in [7, 11) is 1.63. The molecule has 0 saturated carbocycles. The third-order valence-corrected chi connectivity index (χ3v) is 5.41. The fourth-order valence-electron chi connectivity index (χ4n) is 3.58. The van der Waals surface area contributed by atoms with Gasteiger partial charge in [-0.3, -0.25) is 9.59 Å². The zero-order chi connectivity index (χ0) is 21.1. The summed E-state index contributed by atoms with van der Waals surface area (Å²) >= 11 is 0. The fraction of sp³-hybridized carbons (Fsp3) is 0.591. The molecule has 1 aromatic rings. The highest BCUT2D eigenvalue weighted by molar-refractivity contribution is 5.91. The molecule has 1 unspecified atom stereocenters.